The first-order valence-electron chi connectivity index (χ1n) is 8.73. The van der Waals surface area contributed by atoms with Gasteiger partial charge in [-0.1, -0.05) is 5.16 Å². The Balaban J connectivity index is 1.50. The maximum Gasteiger partial charge on any atom is 0.262 e. The van der Waals surface area contributed by atoms with Crippen molar-refractivity contribution in [1.82, 2.24) is 10.1 Å². The molecule has 0 fully saturated rings. The van der Waals surface area contributed by atoms with Crippen molar-refractivity contribution in [1.29, 1.82) is 0 Å². The van der Waals surface area contributed by atoms with E-state index in [0.717, 1.165) is 28.2 Å². The van der Waals surface area contributed by atoms with Gasteiger partial charge >= 0.3 is 0 Å². The minimum absolute atomic E-state index is 0.117. The number of thiophene rings is 1. The lowest BCUT2D eigenvalue weighted by Crippen LogP contribution is -2.20. The number of anilines is 1. The van der Waals surface area contributed by atoms with Crippen molar-refractivity contribution in [3.63, 3.8) is 0 Å². The van der Waals surface area contributed by atoms with Gasteiger partial charge in [-0.25, -0.2) is 0 Å². The molecule has 0 aliphatic carbocycles. The monoisotopic (exact) mass is 401 g/mol. The molecule has 0 radical (unpaired) electrons. The summed E-state index contributed by atoms with van der Waals surface area (Å²) in [6.45, 7) is 2.78. The number of carbonyl (C=O) groups excluding carboxylic acids is 1. The third-order valence-electron chi connectivity index (χ3n) is 4.24. The van der Waals surface area contributed by atoms with E-state index in [2.05, 4.69) is 15.5 Å². The van der Waals surface area contributed by atoms with Gasteiger partial charge in [-0.05, 0) is 43.2 Å². The lowest BCUT2D eigenvalue weighted by molar-refractivity contribution is -0.118. The number of methoxy groups -OCH3 is 1. The van der Waals surface area contributed by atoms with Crippen molar-refractivity contribution in [2.24, 2.45) is 0 Å². The summed E-state index contributed by atoms with van der Waals surface area (Å²) in [7, 11) is 1.59. The zero-order chi connectivity index (χ0) is 19.5. The quantitative estimate of drug-likeness (QED) is 0.677. The summed E-state index contributed by atoms with van der Waals surface area (Å²) in [6.07, 6.45) is 0.737. The third-order valence-corrected chi connectivity index (χ3v) is 5.36. The summed E-state index contributed by atoms with van der Waals surface area (Å²) in [5.74, 6) is 1.99. The van der Waals surface area contributed by atoms with E-state index in [4.69, 9.17) is 18.7 Å². The van der Waals surface area contributed by atoms with Gasteiger partial charge in [0.05, 0.1) is 25.9 Å². The second-order valence-electron chi connectivity index (χ2n) is 6.17. The van der Waals surface area contributed by atoms with Crippen molar-refractivity contribution in [3.8, 4) is 23.0 Å². The Morgan fingerprint density at radius 1 is 1.29 bits per heavy atom. The van der Waals surface area contributed by atoms with Crippen LogP contribution in [0.2, 0.25) is 0 Å². The molecule has 2 aromatic heterocycles. The molecule has 1 amide bonds. The van der Waals surface area contributed by atoms with Gasteiger partial charge in [0.25, 0.3) is 11.8 Å². The Morgan fingerprint density at radius 3 is 2.79 bits per heavy atom. The number of ether oxygens (including phenoxy) is 3. The summed E-state index contributed by atoms with van der Waals surface area (Å²) in [6, 6.07) is 7.05. The van der Waals surface area contributed by atoms with Crippen LogP contribution in [-0.4, -0.2) is 36.4 Å². The van der Waals surface area contributed by atoms with Crippen LogP contribution in [-0.2, 0) is 22.6 Å². The predicted molar refractivity (Wildman–Crippen MR) is 103 cm³/mol. The number of aryl methyl sites for hydroxylation is 1. The highest BCUT2D eigenvalue weighted by Crippen LogP contribution is 2.42. The van der Waals surface area contributed by atoms with Crippen LogP contribution < -0.4 is 14.8 Å². The molecule has 1 aliphatic rings. The predicted octanol–water partition coefficient (Wildman–Crippen LogP) is 3.21. The van der Waals surface area contributed by atoms with Crippen molar-refractivity contribution >= 4 is 22.2 Å². The average molecular weight is 401 g/mol. The van der Waals surface area contributed by atoms with Gasteiger partial charge in [-0.2, -0.15) is 4.98 Å². The van der Waals surface area contributed by atoms with E-state index in [1.165, 1.54) is 11.3 Å². The highest BCUT2D eigenvalue weighted by molar-refractivity contribution is 7.17. The number of rotatable bonds is 6. The Hall–Kier alpha value is -2.91. The van der Waals surface area contributed by atoms with E-state index < -0.39 is 0 Å². The Morgan fingerprint density at radius 2 is 2.07 bits per heavy atom. The molecule has 28 heavy (non-hydrogen) atoms. The van der Waals surface area contributed by atoms with E-state index in [1.54, 1.807) is 38.3 Å². The Labute approximate surface area is 165 Å². The molecule has 0 saturated carbocycles. The molecule has 146 valence electrons. The first kappa shape index (κ1) is 18.5. The molecule has 4 rings (SSSR count). The second kappa shape index (κ2) is 7.99. The Kier molecular flexibility index (Phi) is 5.27. The van der Waals surface area contributed by atoms with Crippen LogP contribution >= 0.6 is 11.3 Å². The number of nitrogens with one attached hydrogen (secondary N) is 1. The molecule has 0 atom stereocenters. The first-order valence-corrected chi connectivity index (χ1v) is 9.55. The van der Waals surface area contributed by atoms with E-state index in [1.807, 2.05) is 0 Å². The highest BCUT2D eigenvalue weighted by atomic mass is 32.1. The fourth-order valence-electron chi connectivity index (χ4n) is 2.93. The second-order valence-corrected chi connectivity index (χ2v) is 7.27. The number of benzene rings is 1. The molecule has 0 spiro atoms. The van der Waals surface area contributed by atoms with Crippen LogP contribution in [0.3, 0.4) is 0 Å². The molecule has 3 aromatic rings. The van der Waals surface area contributed by atoms with E-state index >= 15 is 0 Å². The van der Waals surface area contributed by atoms with Crippen LogP contribution in [0.5, 0.6) is 11.5 Å². The van der Waals surface area contributed by atoms with Gasteiger partial charge in [-0.15, -0.1) is 11.3 Å². The molecule has 8 nitrogen and oxygen atoms in total. The summed E-state index contributed by atoms with van der Waals surface area (Å²) in [5, 5.41) is 7.46. The number of fused-ring (bicyclic) bond motifs is 1. The van der Waals surface area contributed by atoms with Crippen molar-refractivity contribution < 1.29 is 23.5 Å². The topological polar surface area (TPSA) is 95.7 Å². The Bertz CT molecular complexity index is 980. The zero-order valence-electron chi connectivity index (χ0n) is 15.5. The van der Waals surface area contributed by atoms with Gasteiger partial charge in [-0.3, -0.25) is 4.79 Å². The van der Waals surface area contributed by atoms with E-state index in [9.17, 15) is 4.79 Å². The largest absolute Gasteiger partial charge is 0.497 e. The molecule has 1 aliphatic heterocycles. The van der Waals surface area contributed by atoms with Gasteiger partial charge in [0, 0.05) is 4.88 Å². The number of hydrogen-bond acceptors (Lipinski definition) is 8. The summed E-state index contributed by atoms with van der Waals surface area (Å²) < 4.78 is 21.5. The average Bonchev–Trinajstić information content (AvgIpc) is 3.29. The molecular formula is C19H19N3O5S. The minimum atomic E-state index is -0.271. The summed E-state index contributed by atoms with van der Waals surface area (Å²) >= 11 is 1.46. The molecule has 1 N–H and O–H groups in total. The minimum Gasteiger partial charge on any atom is -0.497 e. The molecule has 0 bridgehead atoms. The van der Waals surface area contributed by atoms with Crippen molar-refractivity contribution in [2.45, 2.75) is 20.0 Å². The standard InChI is InChI=1S/C19H19N3O5S/c1-11-20-18(27-22-11)17-14-7-8-25-9-15(14)28-19(17)21-16(23)10-26-13-5-3-12(24-2)4-6-13/h3-6H,7-10H2,1-2H3,(H,21,23). The molecule has 9 heteroatoms. The van der Waals surface area contributed by atoms with Gasteiger partial charge in [0.2, 0.25) is 0 Å². The third kappa shape index (κ3) is 3.85. The smallest absolute Gasteiger partial charge is 0.262 e. The van der Waals surface area contributed by atoms with Crippen LogP contribution in [0.1, 0.15) is 16.3 Å². The van der Waals surface area contributed by atoms with Crippen LogP contribution in [0, 0.1) is 6.92 Å². The fraction of sp³-hybridized carbons (Fsp3) is 0.316. The highest BCUT2D eigenvalue weighted by Gasteiger charge is 2.26. The van der Waals surface area contributed by atoms with Crippen molar-refractivity contribution in [3.05, 3.63) is 40.5 Å². The molecule has 0 saturated heterocycles. The maximum absolute atomic E-state index is 12.5. The molecular weight excluding hydrogens is 382 g/mol. The van der Waals surface area contributed by atoms with Crippen molar-refractivity contribution in [2.75, 3.05) is 25.6 Å². The lowest BCUT2D eigenvalue weighted by Gasteiger charge is -2.12. The van der Waals surface area contributed by atoms with Gasteiger partial charge < -0.3 is 24.1 Å². The molecule has 0 unspecified atom stereocenters. The number of aromatic nitrogens is 2. The van der Waals surface area contributed by atoms with E-state index in [-0.39, 0.29) is 12.5 Å². The first-order chi connectivity index (χ1) is 13.6. The molecule has 1 aromatic carbocycles. The molecule has 3 heterocycles. The zero-order valence-corrected chi connectivity index (χ0v) is 16.3. The summed E-state index contributed by atoms with van der Waals surface area (Å²) in [5.41, 5.74) is 1.87. The van der Waals surface area contributed by atoms with Gasteiger partial charge in [0.1, 0.15) is 16.5 Å². The van der Waals surface area contributed by atoms with Crippen LogP contribution in [0.15, 0.2) is 28.8 Å². The number of amides is 1. The number of carbonyl (C=O) groups is 1. The SMILES string of the molecule is COc1ccc(OCC(=O)Nc2sc3c(c2-c2nc(C)no2)CCOC3)cc1. The van der Waals surface area contributed by atoms with Gasteiger partial charge in [0.15, 0.2) is 12.4 Å². The number of nitrogens with zero attached hydrogens (tertiary/aromatic N) is 2. The lowest BCUT2D eigenvalue weighted by atomic mass is 10.1. The van der Waals surface area contributed by atoms with E-state index in [0.29, 0.717) is 35.7 Å². The van der Waals surface area contributed by atoms with Crippen LogP contribution in [0.25, 0.3) is 11.5 Å². The summed E-state index contributed by atoms with van der Waals surface area (Å²) in [4.78, 5) is 17.8. The van der Waals surface area contributed by atoms with Crippen LogP contribution in [0.4, 0.5) is 5.00 Å². The maximum atomic E-state index is 12.5. The normalized spacial score (nSPS) is 13.1. The fourth-order valence-corrected chi connectivity index (χ4v) is 4.12. The number of hydrogen-bond donors (Lipinski definition) is 1.